The summed E-state index contributed by atoms with van der Waals surface area (Å²) in [4.78, 5) is 12.2. The Bertz CT molecular complexity index is 447. The number of nitrogens with one attached hydrogen (secondary N) is 1. The molecule has 4 heteroatoms. The van der Waals surface area contributed by atoms with E-state index in [0.29, 0.717) is 30.0 Å². The number of carbonyl (C=O) groups is 1. The van der Waals surface area contributed by atoms with Crippen LogP contribution in [0.2, 0.25) is 0 Å². The zero-order valence-electron chi connectivity index (χ0n) is 12.9. The van der Waals surface area contributed by atoms with E-state index in [1.165, 1.54) is 13.2 Å². The minimum Gasteiger partial charge on any atom is -0.507 e. The Kier molecular flexibility index (Phi) is 5.86. The fourth-order valence-electron chi connectivity index (χ4n) is 2.37. The molecule has 1 aromatic rings. The highest BCUT2D eigenvalue weighted by Crippen LogP contribution is 2.23. The normalized spacial score (nSPS) is 11.2. The Morgan fingerprint density at radius 2 is 1.85 bits per heavy atom. The smallest absolute Gasteiger partial charge is 0.255 e. The van der Waals surface area contributed by atoms with Crippen LogP contribution in [-0.2, 0) is 0 Å². The molecule has 112 valence electrons. The van der Waals surface area contributed by atoms with Crippen molar-refractivity contribution in [1.29, 1.82) is 0 Å². The van der Waals surface area contributed by atoms with E-state index < -0.39 is 0 Å². The molecule has 0 saturated heterocycles. The molecule has 4 nitrogen and oxygen atoms in total. The minimum absolute atomic E-state index is 0.0334. The van der Waals surface area contributed by atoms with Crippen LogP contribution in [0.1, 0.15) is 38.1 Å². The monoisotopic (exact) mass is 279 g/mol. The SMILES string of the molecule is COc1ccc(O)c(C(=O)NCC(C(C)C)C(C)C)c1. The number of rotatable bonds is 6. The molecule has 20 heavy (non-hydrogen) atoms. The molecule has 0 saturated carbocycles. The molecule has 0 spiro atoms. The van der Waals surface area contributed by atoms with Crippen LogP contribution in [-0.4, -0.2) is 24.7 Å². The highest BCUT2D eigenvalue weighted by atomic mass is 16.5. The third kappa shape index (κ3) is 4.15. The van der Waals surface area contributed by atoms with Crippen LogP contribution in [0.15, 0.2) is 18.2 Å². The fraction of sp³-hybridized carbons (Fsp3) is 0.562. The lowest BCUT2D eigenvalue weighted by atomic mass is 9.85. The highest BCUT2D eigenvalue weighted by Gasteiger charge is 2.19. The maximum Gasteiger partial charge on any atom is 0.255 e. The molecule has 0 radical (unpaired) electrons. The molecular weight excluding hydrogens is 254 g/mol. The molecule has 1 aromatic carbocycles. The molecule has 0 fully saturated rings. The van der Waals surface area contributed by atoms with Gasteiger partial charge in [0.1, 0.15) is 11.5 Å². The summed E-state index contributed by atoms with van der Waals surface area (Å²) in [5.41, 5.74) is 0.246. The summed E-state index contributed by atoms with van der Waals surface area (Å²) < 4.78 is 5.07. The molecule has 0 unspecified atom stereocenters. The Hall–Kier alpha value is -1.71. The van der Waals surface area contributed by atoms with Crippen LogP contribution in [0.3, 0.4) is 0 Å². The van der Waals surface area contributed by atoms with Crippen molar-refractivity contribution in [2.75, 3.05) is 13.7 Å². The Morgan fingerprint density at radius 3 is 2.35 bits per heavy atom. The van der Waals surface area contributed by atoms with Gasteiger partial charge in [-0.05, 0) is 36.0 Å². The topological polar surface area (TPSA) is 58.6 Å². The van der Waals surface area contributed by atoms with Crippen LogP contribution >= 0.6 is 0 Å². The summed E-state index contributed by atoms with van der Waals surface area (Å²) in [6.07, 6.45) is 0. The number of methoxy groups -OCH3 is 1. The van der Waals surface area contributed by atoms with Gasteiger partial charge in [-0.3, -0.25) is 4.79 Å². The zero-order valence-corrected chi connectivity index (χ0v) is 12.9. The van der Waals surface area contributed by atoms with Crippen LogP contribution in [0.25, 0.3) is 0 Å². The van der Waals surface area contributed by atoms with Gasteiger partial charge in [-0.25, -0.2) is 0 Å². The molecule has 1 amide bonds. The van der Waals surface area contributed by atoms with Crippen molar-refractivity contribution in [2.24, 2.45) is 17.8 Å². The second-order valence-electron chi connectivity index (χ2n) is 5.74. The average molecular weight is 279 g/mol. The predicted octanol–water partition coefficient (Wildman–Crippen LogP) is 3.06. The van der Waals surface area contributed by atoms with Gasteiger partial charge in [-0.1, -0.05) is 27.7 Å². The van der Waals surface area contributed by atoms with Gasteiger partial charge in [0.05, 0.1) is 12.7 Å². The molecule has 0 aliphatic carbocycles. The van der Waals surface area contributed by atoms with Crippen LogP contribution in [0.4, 0.5) is 0 Å². The van der Waals surface area contributed by atoms with Crippen molar-refractivity contribution in [3.05, 3.63) is 23.8 Å². The first-order valence-corrected chi connectivity index (χ1v) is 7.02. The van der Waals surface area contributed by atoms with Crippen molar-refractivity contribution in [2.45, 2.75) is 27.7 Å². The number of hydrogen-bond donors (Lipinski definition) is 2. The number of benzene rings is 1. The molecular formula is C16H25NO3. The molecule has 0 atom stereocenters. The average Bonchev–Trinajstić information content (AvgIpc) is 2.38. The van der Waals surface area contributed by atoms with Gasteiger partial charge in [-0.2, -0.15) is 0 Å². The molecule has 0 heterocycles. The number of aromatic hydroxyl groups is 1. The third-order valence-corrected chi connectivity index (χ3v) is 3.66. The van der Waals surface area contributed by atoms with E-state index in [0.717, 1.165) is 0 Å². The Labute approximate surface area is 121 Å². The summed E-state index contributed by atoms with van der Waals surface area (Å²) in [6.45, 7) is 9.21. The van der Waals surface area contributed by atoms with Gasteiger partial charge in [0.15, 0.2) is 0 Å². The molecule has 0 aromatic heterocycles. The number of amides is 1. The first-order chi connectivity index (χ1) is 9.36. The summed E-state index contributed by atoms with van der Waals surface area (Å²) in [5, 5.41) is 12.7. The molecule has 0 aliphatic rings. The third-order valence-electron chi connectivity index (χ3n) is 3.66. The van der Waals surface area contributed by atoms with Crippen LogP contribution in [0.5, 0.6) is 11.5 Å². The Morgan fingerprint density at radius 1 is 1.25 bits per heavy atom. The first kappa shape index (κ1) is 16.3. The molecule has 0 aliphatic heterocycles. The van der Waals surface area contributed by atoms with Gasteiger partial charge < -0.3 is 15.2 Å². The Balaban J connectivity index is 2.76. The van der Waals surface area contributed by atoms with Gasteiger partial charge in [0.2, 0.25) is 0 Å². The second-order valence-corrected chi connectivity index (χ2v) is 5.74. The first-order valence-electron chi connectivity index (χ1n) is 7.02. The summed E-state index contributed by atoms with van der Waals surface area (Å²) in [5.74, 6) is 1.65. The lowest BCUT2D eigenvalue weighted by Crippen LogP contribution is -2.34. The highest BCUT2D eigenvalue weighted by molar-refractivity contribution is 5.97. The van der Waals surface area contributed by atoms with Crippen molar-refractivity contribution in [3.63, 3.8) is 0 Å². The van der Waals surface area contributed by atoms with Crippen molar-refractivity contribution in [3.8, 4) is 11.5 Å². The number of ether oxygens (including phenoxy) is 1. The predicted molar refractivity (Wildman–Crippen MR) is 80.2 cm³/mol. The standard InChI is InChI=1S/C16H25NO3/c1-10(2)14(11(3)4)9-17-16(19)13-8-12(20-5)6-7-15(13)18/h6-8,10-11,14,18H,9H2,1-5H3,(H,17,19). The van der Waals surface area contributed by atoms with E-state index in [1.807, 2.05) is 0 Å². The van der Waals surface area contributed by atoms with Crippen molar-refractivity contribution in [1.82, 2.24) is 5.32 Å². The molecule has 2 N–H and O–H groups in total. The van der Waals surface area contributed by atoms with Crippen LogP contribution in [0, 0.1) is 17.8 Å². The summed E-state index contributed by atoms with van der Waals surface area (Å²) in [7, 11) is 1.53. The van der Waals surface area contributed by atoms with Crippen molar-refractivity contribution >= 4 is 5.91 Å². The second kappa shape index (κ2) is 7.17. The van der Waals surface area contributed by atoms with Crippen LogP contribution < -0.4 is 10.1 Å². The van der Waals surface area contributed by atoms with Crippen molar-refractivity contribution < 1.29 is 14.6 Å². The molecule has 0 bridgehead atoms. The number of hydrogen-bond acceptors (Lipinski definition) is 3. The molecule has 1 rings (SSSR count). The van der Waals surface area contributed by atoms with E-state index >= 15 is 0 Å². The van der Waals surface area contributed by atoms with Gasteiger partial charge in [-0.15, -0.1) is 0 Å². The number of carbonyl (C=O) groups excluding carboxylic acids is 1. The maximum absolute atomic E-state index is 12.2. The summed E-state index contributed by atoms with van der Waals surface area (Å²) in [6, 6.07) is 4.64. The van der Waals surface area contributed by atoms with E-state index in [1.54, 1.807) is 12.1 Å². The fourth-order valence-corrected chi connectivity index (χ4v) is 2.37. The summed E-state index contributed by atoms with van der Waals surface area (Å²) >= 11 is 0. The lowest BCUT2D eigenvalue weighted by Gasteiger charge is -2.25. The number of phenolic OH excluding ortho intramolecular Hbond substituents is 1. The van der Waals surface area contributed by atoms with Gasteiger partial charge >= 0.3 is 0 Å². The van der Waals surface area contributed by atoms with Gasteiger partial charge in [0, 0.05) is 6.54 Å². The van der Waals surface area contributed by atoms with Gasteiger partial charge in [0.25, 0.3) is 5.91 Å². The van der Waals surface area contributed by atoms with E-state index in [9.17, 15) is 9.90 Å². The number of phenols is 1. The van der Waals surface area contributed by atoms with E-state index in [-0.39, 0.29) is 17.2 Å². The lowest BCUT2D eigenvalue weighted by molar-refractivity contribution is 0.0934. The van der Waals surface area contributed by atoms with E-state index in [2.05, 4.69) is 33.0 Å². The largest absolute Gasteiger partial charge is 0.507 e. The maximum atomic E-state index is 12.2. The quantitative estimate of drug-likeness (QED) is 0.841. The minimum atomic E-state index is -0.271. The van der Waals surface area contributed by atoms with E-state index in [4.69, 9.17) is 4.74 Å². The zero-order chi connectivity index (χ0) is 15.3.